The van der Waals surface area contributed by atoms with Gasteiger partial charge in [0.15, 0.2) is 9.84 Å². The zero-order valence-corrected chi connectivity index (χ0v) is 21.9. The summed E-state index contributed by atoms with van der Waals surface area (Å²) in [6.45, 7) is 7.52. The Bertz CT molecular complexity index is 1190. The molecular weight excluding hydrogens is 556 g/mol. The SMILES string of the molecule is C[C@@H]1COCCN1c1cc(C(C)(C)S(C)(=O)=O)c2snc(-c3ccnn3PI)c2n1. The van der Waals surface area contributed by atoms with Crippen LogP contribution in [0.3, 0.4) is 0 Å². The highest BCUT2D eigenvalue weighted by atomic mass is 127. The van der Waals surface area contributed by atoms with Crippen molar-refractivity contribution in [2.45, 2.75) is 31.6 Å². The molecule has 30 heavy (non-hydrogen) atoms. The minimum Gasteiger partial charge on any atom is -0.377 e. The van der Waals surface area contributed by atoms with Crippen LogP contribution in [0.15, 0.2) is 18.3 Å². The van der Waals surface area contributed by atoms with Gasteiger partial charge in [-0.25, -0.2) is 17.9 Å². The van der Waals surface area contributed by atoms with Gasteiger partial charge in [0.2, 0.25) is 0 Å². The molecule has 1 unspecified atom stereocenters. The molecule has 0 aromatic carbocycles. The van der Waals surface area contributed by atoms with Crippen LogP contribution in [0.5, 0.6) is 0 Å². The normalized spacial score (nSPS) is 18.7. The standard InChI is InChI=1S/C18H23IN5O3PS2/c1-11-10-27-8-7-23(11)14-9-12(18(2,3)30(4,25)26)17-16(21-14)15(22-29-17)13-5-6-20-24(13)28-19/h5-6,9,11,28H,7-8,10H2,1-4H3/t11-/m1/s1. The van der Waals surface area contributed by atoms with Crippen molar-refractivity contribution in [2.75, 3.05) is 30.9 Å². The predicted octanol–water partition coefficient (Wildman–Crippen LogP) is 3.85. The molecule has 0 spiro atoms. The molecule has 4 heterocycles. The summed E-state index contributed by atoms with van der Waals surface area (Å²) < 4.78 is 37.3. The molecule has 0 saturated carbocycles. The fraction of sp³-hybridized carbons (Fsp3) is 0.500. The van der Waals surface area contributed by atoms with Gasteiger partial charge in [0.05, 0.1) is 40.8 Å². The van der Waals surface area contributed by atoms with Crippen molar-refractivity contribution in [3.05, 3.63) is 23.9 Å². The Kier molecular flexibility index (Phi) is 6.13. The molecule has 0 aliphatic carbocycles. The van der Waals surface area contributed by atoms with Crippen molar-refractivity contribution in [3.8, 4) is 11.4 Å². The highest BCUT2D eigenvalue weighted by Crippen LogP contribution is 2.42. The molecular formula is C18H23IN5O3PS2. The largest absolute Gasteiger partial charge is 0.377 e. The summed E-state index contributed by atoms with van der Waals surface area (Å²) in [5, 5.41) is 4.37. The van der Waals surface area contributed by atoms with E-state index in [4.69, 9.17) is 9.72 Å². The van der Waals surface area contributed by atoms with Gasteiger partial charge in [-0.05, 0) is 72.0 Å². The van der Waals surface area contributed by atoms with E-state index in [2.05, 4.69) is 43.3 Å². The van der Waals surface area contributed by atoms with Gasteiger partial charge in [-0.2, -0.15) is 9.47 Å². The molecule has 0 amide bonds. The lowest BCUT2D eigenvalue weighted by atomic mass is 10.0. The molecule has 3 aromatic rings. The van der Waals surface area contributed by atoms with Gasteiger partial charge in [-0.1, -0.05) is 0 Å². The number of sulfone groups is 1. The van der Waals surface area contributed by atoms with E-state index in [9.17, 15) is 8.42 Å². The summed E-state index contributed by atoms with van der Waals surface area (Å²) in [6, 6.07) is 3.99. The number of hydrogen-bond acceptors (Lipinski definition) is 8. The van der Waals surface area contributed by atoms with Crippen molar-refractivity contribution in [1.82, 2.24) is 18.9 Å². The average molecular weight is 579 g/mol. The van der Waals surface area contributed by atoms with Crippen LogP contribution in [0, 0.1) is 0 Å². The summed E-state index contributed by atoms with van der Waals surface area (Å²) in [6.07, 6.45) is 3.46. The first-order valence-corrected chi connectivity index (χ1v) is 16.1. The third-order valence-corrected chi connectivity index (χ3v) is 10.4. The summed E-state index contributed by atoms with van der Waals surface area (Å²) in [7, 11) is -3.37. The van der Waals surface area contributed by atoms with Crippen LogP contribution in [0.2, 0.25) is 0 Å². The number of aromatic nitrogens is 4. The molecule has 1 aliphatic rings. The van der Waals surface area contributed by atoms with E-state index in [-0.39, 0.29) is 6.04 Å². The Morgan fingerprint density at radius 2 is 2.17 bits per heavy atom. The Morgan fingerprint density at radius 1 is 1.40 bits per heavy atom. The molecule has 4 rings (SSSR count). The van der Waals surface area contributed by atoms with E-state index < -0.39 is 14.6 Å². The Morgan fingerprint density at radius 3 is 2.83 bits per heavy atom. The van der Waals surface area contributed by atoms with Gasteiger partial charge in [0.1, 0.15) is 17.0 Å². The first-order chi connectivity index (χ1) is 14.1. The monoisotopic (exact) mass is 579 g/mol. The molecule has 0 radical (unpaired) electrons. The average Bonchev–Trinajstić information content (AvgIpc) is 3.32. The highest BCUT2D eigenvalue weighted by Gasteiger charge is 2.37. The first kappa shape index (κ1) is 22.3. The lowest BCUT2D eigenvalue weighted by molar-refractivity contribution is 0.0985. The number of nitrogens with zero attached hydrogens (tertiary/aromatic N) is 5. The molecule has 162 valence electrons. The number of rotatable bonds is 5. The summed E-state index contributed by atoms with van der Waals surface area (Å²) >= 11 is 3.58. The first-order valence-electron chi connectivity index (χ1n) is 9.41. The van der Waals surface area contributed by atoms with Crippen LogP contribution in [0.4, 0.5) is 5.82 Å². The number of hydrogen-bond donors (Lipinski definition) is 0. The summed E-state index contributed by atoms with van der Waals surface area (Å²) in [4.78, 5) is 7.16. The number of halogens is 1. The smallest absolute Gasteiger partial charge is 0.156 e. The lowest BCUT2D eigenvalue weighted by Gasteiger charge is -2.35. The second-order valence-corrected chi connectivity index (χ2v) is 13.2. The van der Waals surface area contributed by atoms with Crippen molar-refractivity contribution in [1.29, 1.82) is 0 Å². The van der Waals surface area contributed by atoms with Crippen LogP contribution in [0.25, 0.3) is 21.6 Å². The Balaban J connectivity index is 2.01. The number of fused-ring (bicyclic) bond motifs is 1. The molecule has 3 aromatic heterocycles. The minimum atomic E-state index is -3.37. The van der Waals surface area contributed by atoms with Crippen molar-refractivity contribution in [2.24, 2.45) is 0 Å². The molecule has 12 heteroatoms. The van der Waals surface area contributed by atoms with Gasteiger partial charge in [-0.15, -0.1) is 0 Å². The van der Waals surface area contributed by atoms with Crippen LogP contribution < -0.4 is 4.90 Å². The van der Waals surface area contributed by atoms with Crippen molar-refractivity contribution in [3.63, 3.8) is 0 Å². The molecule has 0 N–H and O–H groups in total. The van der Waals surface area contributed by atoms with E-state index in [0.29, 0.717) is 26.1 Å². The second-order valence-electron chi connectivity index (χ2n) is 7.85. The molecule has 8 nitrogen and oxygen atoms in total. The van der Waals surface area contributed by atoms with Crippen LogP contribution >= 0.6 is 39.9 Å². The minimum absolute atomic E-state index is 0.147. The number of pyridine rings is 1. The van der Waals surface area contributed by atoms with Gasteiger partial charge >= 0.3 is 0 Å². The summed E-state index contributed by atoms with van der Waals surface area (Å²) in [5.41, 5.74) is 3.08. The van der Waals surface area contributed by atoms with Crippen molar-refractivity contribution < 1.29 is 13.2 Å². The van der Waals surface area contributed by atoms with Gasteiger partial charge in [-0.3, -0.25) is 0 Å². The quantitative estimate of drug-likeness (QED) is 0.335. The molecule has 2 atom stereocenters. The predicted molar refractivity (Wildman–Crippen MR) is 132 cm³/mol. The topological polar surface area (TPSA) is 90.2 Å². The second kappa shape index (κ2) is 8.23. The zero-order valence-electron chi connectivity index (χ0n) is 17.1. The Hall–Kier alpha value is -0.880. The molecule has 0 bridgehead atoms. The van der Waals surface area contributed by atoms with E-state index in [0.717, 1.165) is 33.0 Å². The number of ether oxygens (including phenoxy) is 1. The van der Waals surface area contributed by atoms with E-state index in [1.807, 2.05) is 16.6 Å². The van der Waals surface area contributed by atoms with Gasteiger partial charge < -0.3 is 9.64 Å². The number of anilines is 1. The maximum Gasteiger partial charge on any atom is 0.156 e. The third-order valence-electron chi connectivity index (χ3n) is 5.61. The van der Waals surface area contributed by atoms with Gasteiger partial charge in [0.25, 0.3) is 0 Å². The summed E-state index contributed by atoms with van der Waals surface area (Å²) in [5.74, 6) is 0.759. The molecule has 1 aliphatic heterocycles. The van der Waals surface area contributed by atoms with Crippen LogP contribution in [-0.2, 0) is 19.3 Å². The van der Waals surface area contributed by atoms with Crippen LogP contribution in [-0.4, -0.2) is 59.4 Å². The van der Waals surface area contributed by atoms with E-state index in [1.54, 1.807) is 20.0 Å². The van der Waals surface area contributed by atoms with E-state index in [1.165, 1.54) is 17.8 Å². The third kappa shape index (κ3) is 3.76. The zero-order chi connectivity index (χ0) is 21.7. The molecule has 1 saturated heterocycles. The highest BCUT2D eigenvalue weighted by molar-refractivity contribution is 14.2. The number of morpholine rings is 1. The van der Waals surface area contributed by atoms with Crippen LogP contribution in [0.1, 0.15) is 26.3 Å². The lowest BCUT2D eigenvalue weighted by Crippen LogP contribution is -2.44. The fourth-order valence-electron chi connectivity index (χ4n) is 3.49. The maximum atomic E-state index is 12.7. The van der Waals surface area contributed by atoms with Crippen molar-refractivity contribution >= 4 is 65.8 Å². The Labute approximate surface area is 194 Å². The molecule has 1 fully saturated rings. The fourth-order valence-corrected chi connectivity index (χ4v) is 6.65. The van der Waals surface area contributed by atoms with Gasteiger partial charge in [0, 0.05) is 19.0 Å². The van der Waals surface area contributed by atoms with E-state index >= 15 is 0 Å². The maximum absolute atomic E-state index is 12.7.